The van der Waals surface area contributed by atoms with E-state index in [1.165, 1.54) is 16.7 Å². The molecule has 0 nitrogen and oxygen atoms in total. The molecule has 0 radical (unpaired) electrons. The van der Waals surface area contributed by atoms with E-state index in [9.17, 15) is 0 Å². The predicted octanol–water partition coefficient (Wildman–Crippen LogP) is 5.97. The van der Waals surface area contributed by atoms with Crippen molar-refractivity contribution in [3.8, 4) is 0 Å². The highest BCUT2D eigenvalue weighted by Gasteiger charge is 2.32. The van der Waals surface area contributed by atoms with E-state index >= 15 is 0 Å². The van der Waals surface area contributed by atoms with Gasteiger partial charge >= 0.3 is 0 Å². The molecule has 0 saturated carbocycles. The van der Waals surface area contributed by atoms with E-state index in [-0.39, 0.29) is 5.41 Å². The first-order chi connectivity index (χ1) is 10.1. The largest absolute Gasteiger partial charge is 0.126 e. The molecule has 3 heteroatoms. The third-order valence-corrected chi connectivity index (χ3v) is 5.65. The van der Waals surface area contributed by atoms with Crippen molar-refractivity contribution in [3.05, 3.63) is 69.7 Å². The maximum absolute atomic E-state index is 6.33. The lowest BCUT2D eigenvalue weighted by molar-refractivity contribution is 0.534. The fraction of sp³-hybridized carbons (Fsp3) is 0.333. The van der Waals surface area contributed by atoms with Gasteiger partial charge in [-0.15, -0.1) is 23.2 Å². The maximum atomic E-state index is 6.33. The molecule has 0 fully saturated rings. The highest BCUT2D eigenvalue weighted by molar-refractivity contribution is 9.10. The van der Waals surface area contributed by atoms with Crippen LogP contribution in [0, 0.1) is 0 Å². The van der Waals surface area contributed by atoms with Gasteiger partial charge in [-0.25, -0.2) is 0 Å². The first kappa shape index (κ1) is 16.9. The molecular formula is C18H19BrCl2. The minimum Gasteiger partial charge on any atom is -0.126 e. The van der Waals surface area contributed by atoms with Gasteiger partial charge in [-0.3, -0.25) is 0 Å². The lowest BCUT2D eigenvalue weighted by atomic mass is 9.78. The average Bonchev–Trinajstić information content (AvgIpc) is 2.54. The summed E-state index contributed by atoms with van der Waals surface area (Å²) in [7, 11) is 0. The van der Waals surface area contributed by atoms with Gasteiger partial charge in [0.2, 0.25) is 0 Å². The Bertz CT molecular complexity index is 574. The summed E-state index contributed by atoms with van der Waals surface area (Å²) in [4.78, 5) is 0. The Labute approximate surface area is 145 Å². The van der Waals surface area contributed by atoms with E-state index in [1.807, 2.05) is 18.2 Å². The second-order valence-electron chi connectivity index (χ2n) is 5.37. The molecule has 0 unspecified atom stereocenters. The second kappa shape index (κ2) is 7.67. The van der Waals surface area contributed by atoms with Crippen LogP contribution in [0.25, 0.3) is 0 Å². The summed E-state index contributed by atoms with van der Waals surface area (Å²) < 4.78 is 1.07. The minimum absolute atomic E-state index is 0.253. The van der Waals surface area contributed by atoms with Crippen LogP contribution in [0.2, 0.25) is 0 Å². The standard InChI is InChI=1S/C18H19BrCl2/c1-2-14-7-9-15(10-8-14)11-18(12-20,13-21)16-5-3-4-6-17(16)19/h3-10H,2,11-13H2,1H3. The van der Waals surface area contributed by atoms with E-state index in [1.54, 1.807) is 0 Å². The zero-order valence-corrected chi connectivity index (χ0v) is 15.2. The fourth-order valence-corrected chi connectivity index (χ4v) is 4.01. The van der Waals surface area contributed by atoms with Crippen LogP contribution in [-0.4, -0.2) is 11.8 Å². The molecular weight excluding hydrogens is 367 g/mol. The van der Waals surface area contributed by atoms with Crippen LogP contribution in [0.15, 0.2) is 53.0 Å². The van der Waals surface area contributed by atoms with E-state index in [0.29, 0.717) is 11.8 Å². The maximum Gasteiger partial charge on any atom is 0.0335 e. The van der Waals surface area contributed by atoms with Crippen LogP contribution < -0.4 is 0 Å². The van der Waals surface area contributed by atoms with E-state index in [4.69, 9.17) is 23.2 Å². The highest BCUT2D eigenvalue weighted by Crippen LogP contribution is 2.36. The summed E-state index contributed by atoms with van der Waals surface area (Å²) in [5, 5.41) is 0. The van der Waals surface area contributed by atoms with Gasteiger partial charge in [0.25, 0.3) is 0 Å². The van der Waals surface area contributed by atoms with Crippen molar-refractivity contribution in [2.75, 3.05) is 11.8 Å². The fourth-order valence-electron chi connectivity index (χ4n) is 2.54. The summed E-state index contributed by atoms with van der Waals surface area (Å²) in [5.74, 6) is 0.989. The molecule has 0 N–H and O–H groups in total. The molecule has 2 aromatic rings. The summed E-state index contributed by atoms with van der Waals surface area (Å²) in [6.45, 7) is 2.16. The number of hydrogen-bond acceptors (Lipinski definition) is 0. The van der Waals surface area contributed by atoms with Gasteiger partial charge in [0.15, 0.2) is 0 Å². The molecule has 0 spiro atoms. The van der Waals surface area contributed by atoms with E-state index in [0.717, 1.165) is 17.3 Å². The van der Waals surface area contributed by atoms with Crippen LogP contribution in [0.5, 0.6) is 0 Å². The second-order valence-corrected chi connectivity index (χ2v) is 6.76. The van der Waals surface area contributed by atoms with Crippen molar-refractivity contribution in [2.45, 2.75) is 25.2 Å². The van der Waals surface area contributed by atoms with Crippen LogP contribution >= 0.6 is 39.1 Å². The zero-order chi connectivity index (χ0) is 15.3. The normalized spacial score (nSPS) is 11.6. The lowest BCUT2D eigenvalue weighted by Crippen LogP contribution is -2.33. The number of hydrogen-bond donors (Lipinski definition) is 0. The van der Waals surface area contributed by atoms with E-state index < -0.39 is 0 Å². The monoisotopic (exact) mass is 384 g/mol. The Morgan fingerprint density at radius 3 is 2.00 bits per heavy atom. The summed E-state index contributed by atoms with van der Waals surface area (Å²) in [5.41, 5.74) is 3.54. The first-order valence-corrected chi connectivity index (χ1v) is 8.96. The van der Waals surface area contributed by atoms with Crippen molar-refractivity contribution in [1.29, 1.82) is 0 Å². The number of alkyl halides is 2. The van der Waals surface area contributed by atoms with Crippen LogP contribution in [0.4, 0.5) is 0 Å². The Morgan fingerprint density at radius 1 is 0.905 bits per heavy atom. The number of rotatable bonds is 6. The smallest absolute Gasteiger partial charge is 0.0335 e. The van der Waals surface area contributed by atoms with Crippen molar-refractivity contribution >= 4 is 39.1 Å². The molecule has 0 aliphatic heterocycles. The van der Waals surface area contributed by atoms with Gasteiger partial charge in [-0.2, -0.15) is 0 Å². The van der Waals surface area contributed by atoms with Gasteiger partial charge in [-0.05, 0) is 35.6 Å². The summed E-state index contributed by atoms with van der Waals surface area (Å²) in [6, 6.07) is 16.9. The SMILES string of the molecule is CCc1ccc(CC(CCl)(CCl)c2ccccc2Br)cc1. The molecule has 0 heterocycles. The molecule has 21 heavy (non-hydrogen) atoms. The molecule has 0 aliphatic rings. The molecule has 0 bridgehead atoms. The summed E-state index contributed by atoms with van der Waals surface area (Å²) in [6.07, 6.45) is 1.90. The minimum atomic E-state index is -0.253. The van der Waals surface area contributed by atoms with Crippen molar-refractivity contribution in [2.24, 2.45) is 0 Å². The molecule has 2 aromatic carbocycles. The van der Waals surface area contributed by atoms with Gasteiger partial charge in [0, 0.05) is 21.6 Å². The van der Waals surface area contributed by atoms with Gasteiger partial charge in [-0.1, -0.05) is 65.3 Å². The van der Waals surface area contributed by atoms with Crippen molar-refractivity contribution in [1.82, 2.24) is 0 Å². The van der Waals surface area contributed by atoms with Crippen LogP contribution in [0.1, 0.15) is 23.6 Å². The predicted molar refractivity (Wildman–Crippen MR) is 96.8 cm³/mol. The van der Waals surface area contributed by atoms with Crippen molar-refractivity contribution in [3.63, 3.8) is 0 Å². The van der Waals surface area contributed by atoms with Crippen LogP contribution in [0.3, 0.4) is 0 Å². The van der Waals surface area contributed by atoms with Gasteiger partial charge < -0.3 is 0 Å². The quantitative estimate of drug-likeness (QED) is 0.537. The Hall–Kier alpha value is -0.500. The molecule has 0 aliphatic carbocycles. The molecule has 0 atom stereocenters. The third kappa shape index (κ3) is 3.83. The first-order valence-electron chi connectivity index (χ1n) is 7.10. The topological polar surface area (TPSA) is 0 Å². The Morgan fingerprint density at radius 2 is 1.48 bits per heavy atom. The Balaban J connectivity index is 2.36. The summed E-state index contributed by atoms with van der Waals surface area (Å²) >= 11 is 16.3. The highest BCUT2D eigenvalue weighted by atomic mass is 79.9. The number of halogens is 3. The van der Waals surface area contributed by atoms with Gasteiger partial charge in [0.05, 0.1) is 0 Å². The average molecular weight is 386 g/mol. The van der Waals surface area contributed by atoms with Crippen molar-refractivity contribution < 1.29 is 0 Å². The molecule has 112 valence electrons. The van der Waals surface area contributed by atoms with Gasteiger partial charge in [0.1, 0.15) is 0 Å². The number of aryl methyl sites for hydroxylation is 1. The number of benzene rings is 2. The lowest BCUT2D eigenvalue weighted by Gasteiger charge is -2.31. The molecule has 2 rings (SSSR count). The molecule has 0 amide bonds. The van der Waals surface area contributed by atoms with E-state index in [2.05, 4.69) is 53.2 Å². The molecule has 0 aromatic heterocycles. The zero-order valence-electron chi connectivity index (χ0n) is 12.1. The molecule has 0 saturated heterocycles. The Kier molecular flexibility index (Phi) is 6.16. The van der Waals surface area contributed by atoms with Crippen LogP contribution in [-0.2, 0) is 18.3 Å². The third-order valence-electron chi connectivity index (χ3n) is 3.93.